The van der Waals surface area contributed by atoms with E-state index in [1.165, 1.54) is 4.40 Å². The molecule has 0 unspecified atom stereocenters. The molecule has 5 rings (SSSR count). The van der Waals surface area contributed by atoms with E-state index in [1.54, 1.807) is 66.9 Å². The van der Waals surface area contributed by atoms with E-state index in [9.17, 15) is 45.5 Å². The van der Waals surface area contributed by atoms with Gasteiger partial charge in [-0.15, -0.1) is 0 Å². The topological polar surface area (TPSA) is 164 Å². The van der Waals surface area contributed by atoms with Gasteiger partial charge in [0.05, 0.1) is 28.2 Å². The van der Waals surface area contributed by atoms with Crippen LogP contribution < -0.4 is 21.5 Å². The Morgan fingerprint density at radius 1 is 0.893 bits per heavy atom. The fourth-order valence-electron chi connectivity index (χ4n) is 5.64. The third kappa shape index (κ3) is 9.49. The van der Waals surface area contributed by atoms with Crippen molar-refractivity contribution in [2.24, 2.45) is 0 Å². The number of carbonyl (C=O) groups is 4. The number of nitrogens with zero attached hydrogens (tertiary/aromatic N) is 3. The Hall–Kier alpha value is -6.72. The molecular weight excluding hydrogens is 750 g/mol. The Morgan fingerprint density at radius 3 is 2.04 bits per heavy atom. The molecular formula is C38H34F6N6O6. The van der Waals surface area contributed by atoms with Crippen molar-refractivity contribution in [3.63, 3.8) is 0 Å². The quantitative estimate of drug-likeness (QED) is 0.0888. The highest BCUT2D eigenvalue weighted by molar-refractivity contribution is 6.02. The summed E-state index contributed by atoms with van der Waals surface area (Å²) in [7, 11) is 0. The molecule has 4 N–H and O–H groups in total. The third-order valence-electron chi connectivity index (χ3n) is 8.08. The Morgan fingerprint density at radius 2 is 1.50 bits per heavy atom. The molecule has 0 saturated heterocycles. The average molecular weight is 785 g/mol. The number of aromatic nitrogens is 3. The molecule has 0 bridgehead atoms. The van der Waals surface area contributed by atoms with Crippen molar-refractivity contribution >= 4 is 40.8 Å². The maximum atomic E-state index is 14.6. The number of imidazole rings is 1. The summed E-state index contributed by atoms with van der Waals surface area (Å²) < 4.78 is 74.0. The van der Waals surface area contributed by atoms with E-state index in [-0.39, 0.29) is 29.5 Å². The molecule has 12 nitrogen and oxygen atoms in total. The predicted octanol–water partition coefficient (Wildman–Crippen LogP) is 6.87. The number of hydrogen-bond acceptors (Lipinski definition) is 6. The Labute approximate surface area is 314 Å². The summed E-state index contributed by atoms with van der Waals surface area (Å²) in [6, 6.07) is 17.5. The van der Waals surface area contributed by atoms with Gasteiger partial charge in [0.2, 0.25) is 17.6 Å². The number of benzene rings is 3. The van der Waals surface area contributed by atoms with E-state index in [0.717, 1.165) is 30.3 Å². The number of aryl methyl sites for hydroxylation is 1. The molecule has 3 amide bonds. The minimum absolute atomic E-state index is 0.143. The largest absolute Gasteiger partial charge is 0.490 e. The highest BCUT2D eigenvalue weighted by atomic mass is 19.4. The molecule has 0 atom stereocenters. The van der Waals surface area contributed by atoms with Gasteiger partial charge in [-0.2, -0.15) is 26.3 Å². The summed E-state index contributed by atoms with van der Waals surface area (Å²) in [5.41, 5.74) is 2.15. The Kier molecular flexibility index (Phi) is 12.9. The molecule has 0 saturated carbocycles. The van der Waals surface area contributed by atoms with Crippen molar-refractivity contribution < 1.29 is 50.6 Å². The number of carboxylic acids is 1. The first-order valence-corrected chi connectivity index (χ1v) is 16.7. The van der Waals surface area contributed by atoms with Crippen LogP contribution in [0.3, 0.4) is 0 Å². The second-order valence-electron chi connectivity index (χ2n) is 11.8. The van der Waals surface area contributed by atoms with Gasteiger partial charge < -0.3 is 25.6 Å². The maximum absolute atomic E-state index is 14.6. The fourth-order valence-corrected chi connectivity index (χ4v) is 5.64. The third-order valence-corrected chi connectivity index (χ3v) is 8.08. The summed E-state index contributed by atoms with van der Waals surface area (Å²) in [4.78, 5) is 66.5. The van der Waals surface area contributed by atoms with Gasteiger partial charge >= 0.3 is 18.3 Å². The van der Waals surface area contributed by atoms with Crippen LogP contribution in [0.15, 0.2) is 90.2 Å². The molecule has 294 valence electrons. The lowest BCUT2D eigenvalue weighted by atomic mass is 10.0. The molecule has 0 aliphatic carbocycles. The van der Waals surface area contributed by atoms with Crippen LogP contribution >= 0.6 is 0 Å². The van der Waals surface area contributed by atoms with Crippen molar-refractivity contribution in [2.75, 3.05) is 17.2 Å². The number of aliphatic carboxylic acids is 1. The lowest BCUT2D eigenvalue weighted by Crippen LogP contribution is -2.28. The van der Waals surface area contributed by atoms with E-state index in [2.05, 4.69) is 22.5 Å². The molecule has 0 radical (unpaired) electrons. The summed E-state index contributed by atoms with van der Waals surface area (Å²) in [5.74, 6) is -3.92. The highest BCUT2D eigenvalue weighted by Crippen LogP contribution is 2.33. The zero-order valence-corrected chi connectivity index (χ0v) is 29.9. The van der Waals surface area contributed by atoms with Crippen LogP contribution in [0.2, 0.25) is 0 Å². The van der Waals surface area contributed by atoms with Crippen LogP contribution in [0, 0.1) is 6.92 Å². The van der Waals surface area contributed by atoms with Gasteiger partial charge in [-0.25, -0.2) is 14.2 Å². The van der Waals surface area contributed by atoms with E-state index >= 15 is 0 Å². The van der Waals surface area contributed by atoms with Gasteiger partial charge in [0.1, 0.15) is 6.54 Å². The van der Waals surface area contributed by atoms with Gasteiger partial charge in [-0.05, 0) is 74.4 Å². The van der Waals surface area contributed by atoms with E-state index < -0.39 is 41.3 Å². The summed E-state index contributed by atoms with van der Waals surface area (Å²) in [6.07, 6.45) is -8.20. The summed E-state index contributed by atoms with van der Waals surface area (Å²) in [6.45, 7) is 8.93. The first kappa shape index (κ1) is 42.0. The number of carbonyl (C=O) groups excluding carboxylic acids is 3. The SMILES string of the molecule is C=CC(=O)Nc1ccccc1-c1c(C)nc2n(CC(=O)Nc3ccc(C(F)(F)F)cc3)c(CC)c(-c3ccc(C(=O)NCC)cc3)c(=O)n12.O=C(O)C(F)(F)F. The smallest absolute Gasteiger partial charge is 0.475 e. The molecule has 0 aliphatic rings. The van der Waals surface area contributed by atoms with Crippen LogP contribution in [0.5, 0.6) is 0 Å². The van der Waals surface area contributed by atoms with Crippen LogP contribution in [0.1, 0.15) is 41.2 Å². The number of alkyl halides is 6. The molecule has 0 aliphatic heterocycles. The summed E-state index contributed by atoms with van der Waals surface area (Å²) in [5, 5.41) is 15.3. The Balaban J connectivity index is 0.000000908. The molecule has 0 fully saturated rings. The number of fused-ring (bicyclic) bond motifs is 1. The van der Waals surface area contributed by atoms with Crippen molar-refractivity contribution in [3.05, 3.63) is 118 Å². The zero-order valence-electron chi connectivity index (χ0n) is 29.9. The van der Waals surface area contributed by atoms with Crippen molar-refractivity contribution in [1.82, 2.24) is 19.3 Å². The zero-order chi connectivity index (χ0) is 41.5. The van der Waals surface area contributed by atoms with Gasteiger partial charge in [0.15, 0.2) is 0 Å². The second-order valence-corrected chi connectivity index (χ2v) is 11.8. The number of para-hydroxylation sites is 1. The molecule has 5 aromatic rings. The number of carboxylic acid groups (broad SMARTS) is 1. The van der Waals surface area contributed by atoms with Crippen LogP contribution in [0.4, 0.5) is 37.7 Å². The number of nitrogens with one attached hydrogen (secondary N) is 3. The van der Waals surface area contributed by atoms with Gasteiger partial charge in [0.25, 0.3) is 11.5 Å². The second kappa shape index (κ2) is 17.2. The molecule has 18 heteroatoms. The lowest BCUT2D eigenvalue weighted by Gasteiger charge is -2.19. The number of rotatable bonds is 10. The minimum Gasteiger partial charge on any atom is -0.475 e. The number of amides is 3. The van der Waals surface area contributed by atoms with Crippen LogP contribution in [-0.2, 0) is 33.5 Å². The maximum Gasteiger partial charge on any atom is 0.490 e. The van der Waals surface area contributed by atoms with Crippen LogP contribution in [-0.4, -0.2) is 55.5 Å². The van der Waals surface area contributed by atoms with E-state index in [1.807, 2.05) is 6.92 Å². The monoisotopic (exact) mass is 784 g/mol. The highest BCUT2D eigenvalue weighted by Gasteiger charge is 2.38. The van der Waals surface area contributed by atoms with Crippen molar-refractivity contribution in [2.45, 2.75) is 46.1 Å². The van der Waals surface area contributed by atoms with E-state index in [0.29, 0.717) is 52.4 Å². The Bertz CT molecular complexity index is 2350. The van der Waals surface area contributed by atoms with Gasteiger partial charge in [-0.1, -0.05) is 43.8 Å². The first-order chi connectivity index (χ1) is 26.3. The molecule has 2 aromatic heterocycles. The first-order valence-electron chi connectivity index (χ1n) is 16.7. The fraction of sp³-hybridized carbons (Fsp3) is 0.211. The van der Waals surface area contributed by atoms with Crippen molar-refractivity contribution in [3.8, 4) is 22.4 Å². The number of halogens is 6. The molecule has 56 heavy (non-hydrogen) atoms. The molecule has 2 heterocycles. The minimum atomic E-state index is -5.08. The molecule has 3 aromatic carbocycles. The van der Waals surface area contributed by atoms with Gasteiger partial charge in [0, 0.05) is 29.1 Å². The van der Waals surface area contributed by atoms with Gasteiger partial charge in [-0.3, -0.25) is 19.2 Å². The standard InChI is InChI=1S/C36H33F3N6O4.C2HF3O2/c1-5-28-31(22-12-14-23(15-13-22)33(48)40-7-3)34(49)45-32(26-10-8-9-11-27(26)43-29(46)6-2)21(4)41-35(45)44(28)20-30(47)42-25-18-16-24(17-19-25)36(37,38)39;3-2(4,5)1(6)7/h6,8-19H,2,5,7,20H2,1,3-4H3,(H,40,48)(H,42,47)(H,43,46);(H,6,7). The predicted molar refractivity (Wildman–Crippen MR) is 195 cm³/mol. The van der Waals surface area contributed by atoms with Crippen LogP contribution in [0.25, 0.3) is 28.2 Å². The van der Waals surface area contributed by atoms with Crippen molar-refractivity contribution in [1.29, 1.82) is 0 Å². The lowest BCUT2D eigenvalue weighted by molar-refractivity contribution is -0.192. The summed E-state index contributed by atoms with van der Waals surface area (Å²) >= 11 is 0. The number of anilines is 2. The number of hydrogen-bond donors (Lipinski definition) is 4. The van der Waals surface area contributed by atoms with E-state index in [4.69, 9.17) is 14.9 Å². The average Bonchev–Trinajstić information content (AvgIpc) is 3.49. The normalized spacial score (nSPS) is 11.3. The molecule has 0 spiro atoms.